The van der Waals surface area contributed by atoms with Gasteiger partial charge in [-0.1, -0.05) is 0 Å². The zero-order valence-corrected chi connectivity index (χ0v) is 10.5. The fraction of sp³-hybridized carbons (Fsp3) is 0.417. The molecule has 0 aliphatic rings. The molecular formula is C12H16N2O2S. The minimum atomic E-state index is -0.253. The number of furan rings is 1. The van der Waals surface area contributed by atoms with Gasteiger partial charge in [-0.25, -0.2) is 4.98 Å². The van der Waals surface area contributed by atoms with E-state index in [1.165, 1.54) is 0 Å². The highest BCUT2D eigenvalue weighted by Gasteiger charge is 2.06. The van der Waals surface area contributed by atoms with Gasteiger partial charge < -0.3 is 14.8 Å². The summed E-state index contributed by atoms with van der Waals surface area (Å²) >= 11 is 1.58. The molecule has 1 unspecified atom stereocenters. The Labute approximate surface area is 104 Å². The Kier molecular flexibility index (Phi) is 4.30. The van der Waals surface area contributed by atoms with Crippen LogP contribution < -0.4 is 5.32 Å². The first-order chi connectivity index (χ1) is 8.25. The smallest absolute Gasteiger partial charge is 0.162 e. The SMILES string of the molecule is CC(O)CCNCc1csc(-c2ccco2)n1. The Morgan fingerprint density at radius 1 is 1.59 bits per heavy atom. The third-order valence-electron chi connectivity index (χ3n) is 2.33. The predicted molar refractivity (Wildman–Crippen MR) is 67.8 cm³/mol. The van der Waals surface area contributed by atoms with Gasteiger partial charge in [-0.2, -0.15) is 0 Å². The number of hydrogen-bond acceptors (Lipinski definition) is 5. The molecule has 0 fully saturated rings. The second-order valence-corrected chi connectivity index (χ2v) is 4.79. The van der Waals surface area contributed by atoms with Crippen LogP contribution in [0.4, 0.5) is 0 Å². The minimum Gasteiger partial charge on any atom is -0.462 e. The van der Waals surface area contributed by atoms with E-state index in [0.29, 0.717) is 0 Å². The number of thiazole rings is 1. The summed E-state index contributed by atoms with van der Waals surface area (Å²) in [6, 6.07) is 3.76. The molecule has 0 aliphatic carbocycles. The summed E-state index contributed by atoms with van der Waals surface area (Å²) in [6.45, 7) is 3.31. The molecule has 92 valence electrons. The van der Waals surface area contributed by atoms with Crippen LogP contribution >= 0.6 is 11.3 Å². The average Bonchev–Trinajstić information content (AvgIpc) is 2.94. The molecular weight excluding hydrogens is 236 g/mol. The molecule has 0 aliphatic heterocycles. The maximum atomic E-state index is 9.11. The van der Waals surface area contributed by atoms with Gasteiger partial charge in [0.15, 0.2) is 10.8 Å². The molecule has 5 heteroatoms. The molecule has 17 heavy (non-hydrogen) atoms. The van der Waals surface area contributed by atoms with Crippen molar-refractivity contribution in [2.24, 2.45) is 0 Å². The fourth-order valence-corrected chi connectivity index (χ4v) is 2.21. The first-order valence-corrected chi connectivity index (χ1v) is 6.50. The number of nitrogens with one attached hydrogen (secondary N) is 1. The van der Waals surface area contributed by atoms with Crippen molar-refractivity contribution < 1.29 is 9.52 Å². The van der Waals surface area contributed by atoms with Crippen molar-refractivity contribution >= 4 is 11.3 Å². The lowest BCUT2D eigenvalue weighted by molar-refractivity contribution is 0.183. The molecule has 4 nitrogen and oxygen atoms in total. The van der Waals surface area contributed by atoms with Crippen LogP contribution in [0.15, 0.2) is 28.2 Å². The summed E-state index contributed by atoms with van der Waals surface area (Å²) in [5, 5.41) is 15.3. The monoisotopic (exact) mass is 252 g/mol. The molecule has 2 aromatic rings. The third kappa shape index (κ3) is 3.66. The number of hydrogen-bond donors (Lipinski definition) is 2. The Morgan fingerprint density at radius 3 is 3.18 bits per heavy atom. The van der Waals surface area contributed by atoms with Crippen LogP contribution in [-0.2, 0) is 6.54 Å². The Hall–Kier alpha value is -1.17. The zero-order chi connectivity index (χ0) is 12.1. The summed E-state index contributed by atoms with van der Waals surface area (Å²) in [7, 11) is 0. The van der Waals surface area contributed by atoms with E-state index in [1.54, 1.807) is 24.5 Å². The van der Waals surface area contributed by atoms with Gasteiger partial charge in [0.1, 0.15) is 0 Å². The van der Waals surface area contributed by atoms with Gasteiger partial charge in [0, 0.05) is 11.9 Å². The van der Waals surface area contributed by atoms with Crippen molar-refractivity contribution in [3.63, 3.8) is 0 Å². The normalized spacial score (nSPS) is 12.8. The molecule has 2 aromatic heterocycles. The van der Waals surface area contributed by atoms with E-state index in [1.807, 2.05) is 17.5 Å². The van der Waals surface area contributed by atoms with E-state index in [0.717, 1.165) is 36.0 Å². The lowest BCUT2D eigenvalue weighted by Gasteiger charge is -2.04. The molecule has 0 spiro atoms. The van der Waals surface area contributed by atoms with Crippen molar-refractivity contribution in [2.45, 2.75) is 26.0 Å². The number of aromatic nitrogens is 1. The Balaban J connectivity index is 1.83. The van der Waals surface area contributed by atoms with E-state index < -0.39 is 0 Å². The van der Waals surface area contributed by atoms with Crippen LogP contribution in [0.25, 0.3) is 10.8 Å². The number of aliphatic hydroxyl groups is 1. The van der Waals surface area contributed by atoms with E-state index in [2.05, 4.69) is 10.3 Å². The Bertz CT molecular complexity index is 437. The molecule has 1 atom stereocenters. The van der Waals surface area contributed by atoms with E-state index in [-0.39, 0.29) is 6.10 Å². The zero-order valence-electron chi connectivity index (χ0n) is 9.72. The molecule has 2 heterocycles. The van der Waals surface area contributed by atoms with E-state index in [9.17, 15) is 0 Å². The van der Waals surface area contributed by atoms with Gasteiger partial charge in [0.2, 0.25) is 0 Å². The largest absolute Gasteiger partial charge is 0.462 e. The second kappa shape index (κ2) is 5.95. The summed E-state index contributed by atoms with van der Waals surface area (Å²) < 4.78 is 5.28. The molecule has 0 radical (unpaired) electrons. The first kappa shape index (κ1) is 12.3. The first-order valence-electron chi connectivity index (χ1n) is 5.63. The standard InChI is InChI=1S/C12H16N2O2S/c1-9(15)4-5-13-7-10-8-17-12(14-10)11-3-2-6-16-11/h2-3,6,8-9,13,15H,4-5,7H2,1H3. The molecule has 0 bridgehead atoms. The predicted octanol–water partition coefficient (Wildman–Crippen LogP) is 2.26. The third-order valence-corrected chi connectivity index (χ3v) is 3.23. The molecule has 0 saturated heterocycles. The summed E-state index contributed by atoms with van der Waals surface area (Å²) in [6.07, 6.45) is 2.16. The van der Waals surface area contributed by atoms with Gasteiger partial charge >= 0.3 is 0 Å². The van der Waals surface area contributed by atoms with Crippen LogP contribution in [0.2, 0.25) is 0 Å². The Morgan fingerprint density at radius 2 is 2.47 bits per heavy atom. The van der Waals surface area contributed by atoms with Crippen LogP contribution in [0, 0.1) is 0 Å². The average molecular weight is 252 g/mol. The number of aliphatic hydroxyl groups excluding tert-OH is 1. The van der Waals surface area contributed by atoms with Crippen LogP contribution in [-0.4, -0.2) is 22.7 Å². The summed E-state index contributed by atoms with van der Waals surface area (Å²) in [5.41, 5.74) is 1.01. The lowest BCUT2D eigenvalue weighted by Crippen LogP contribution is -2.18. The van der Waals surface area contributed by atoms with E-state index >= 15 is 0 Å². The lowest BCUT2D eigenvalue weighted by atomic mass is 10.3. The fourth-order valence-electron chi connectivity index (χ4n) is 1.43. The van der Waals surface area contributed by atoms with Gasteiger partial charge in [-0.05, 0) is 32.0 Å². The second-order valence-electron chi connectivity index (χ2n) is 3.94. The van der Waals surface area contributed by atoms with E-state index in [4.69, 9.17) is 9.52 Å². The number of rotatable bonds is 6. The summed E-state index contributed by atoms with van der Waals surface area (Å²) in [5.74, 6) is 0.810. The minimum absolute atomic E-state index is 0.253. The van der Waals surface area contributed by atoms with Gasteiger partial charge in [-0.3, -0.25) is 0 Å². The quantitative estimate of drug-likeness (QED) is 0.774. The van der Waals surface area contributed by atoms with Crippen molar-refractivity contribution in [3.05, 3.63) is 29.5 Å². The van der Waals surface area contributed by atoms with Crippen molar-refractivity contribution in [2.75, 3.05) is 6.54 Å². The topological polar surface area (TPSA) is 58.3 Å². The van der Waals surface area contributed by atoms with Gasteiger partial charge in [-0.15, -0.1) is 11.3 Å². The van der Waals surface area contributed by atoms with Crippen LogP contribution in [0.3, 0.4) is 0 Å². The highest BCUT2D eigenvalue weighted by molar-refractivity contribution is 7.13. The van der Waals surface area contributed by atoms with Crippen molar-refractivity contribution in [3.8, 4) is 10.8 Å². The maximum Gasteiger partial charge on any atom is 0.162 e. The van der Waals surface area contributed by atoms with Crippen LogP contribution in [0.5, 0.6) is 0 Å². The summed E-state index contributed by atoms with van der Waals surface area (Å²) in [4.78, 5) is 4.47. The molecule has 0 saturated carbocycles. The molecule has 2 N–H and O–H groups in total. The maximum absolute atomic E-state index is 9.11. The van der Waals surface area contributed by atoms with Gasteiger partial charge in [0.05, 0.1) is 18.1 Å². The molecule has 2 rings (SSSR count). The van der Waals surface area contributed by atoms with Gasteiger partial charge in [0.25, 0.3) is 0 Å². The van der Waals surface area contributed by atoms with Crippen molar-refractivity contribution in [1.82, 2.24) is 10.3 Å². The molecule has 0 aromatic carbocycles. The van der Waals surface area contributed by atoms with Crippen molar-refractivity contribution in [1.29, 1.82) is 0 Å². The highest BCUT2D eigenvalue weighted by atomic mass is 32.1. The number of nitrogens with zero attached hydrogens (tertiary/aromatic N) is 1. The van der Waals surface area contributed by atoms with Crippen LogP contribution in [0.1, 0.15) is 19.0 Å². The molecule has 0 amide bonds. The highest BCUT2D eigenvalue weighted by Crippen LogP contribution is 2.23.